The van der Waals surface area contributed by atoms with Gasteiger partial charge in [-0.1, -0.05) is 19.0 Å². The molecule has 2 rings (SSSR count). The molecule has 0 bridgehead atoms. The van der Waals surface area contributed by atoms with Gasteiger partial charge in [0.25, 0.3) is 0 Å². The number of hydrogen-bond donors (Lipinski definition) is 2. The van der Waals surface area contributed by atoms with E-state index in [1.54, 1.807) is 0 Å². The summed E-state index contributed by atoms with van der Waals surface area (Å²) in [6.45, 7) is 3.78. The summed E-state index contributed by atoms with van der Waals surface area (Å²) < 4.78 is 4.68. The monoisotopic (exact) mass is 249 g/mol. The Kier molecular flexibility index (Phi) is 2.73. The van der Waals surface area contributed by atoms with Crippen molar-refractivity contribution in [2.24, 2.45) is 5.41 Å². The Hall–Kier alpha value is -2.11. The zero-order chi connectivity index (χ0) is 13.5. The SMILES string of the molecule is CC1(C)CC(=O)C(=Cc2c(N)noc2N)C(=O)C1. The number of nitrogens with zero attached hydrogens (tertiary/aromatic N) is 1. The Balaban J connectivity index is 2.40. The molecule has 0 unspecified atom stereocenters. The average molecular weight is 249 g/mol. The molecule has 1 aliphatic rings. The van der Waals surface area contributed by atoms with E-state index in [1.807, 2.05) is 13.8 Å². The van der Waals surface area contributed by atoms with Gasteiger partial charge in [-0.25, -0.2) is 0 Å². The van der Waals surface area contributed by atoms with Gasteiger partial charge < -0.3 is 16.0 Å². The standard InChI is InChI=1S/C12H15N3O3/c1-12(2)4-8(16)6(9(17)5-12)3-7-10(13)15-18-11(7)14/h3H,4-5,14H2,1-2H3,(H2,13,15). The zero-order valence-corrected chi connectivity index (χ0v) is 10.3. The van der Waals surface area contributed by atoms with Gasteiger partial charge >= 0.3 is 0 Å². The first-order valence-electron chi connectivity index (χ1n) is 5.59. The Morgan fingerprint density at radius 1 is 1.22 bits per heavy atom. The number of nitrogens with two attached hydrogens (primary N) is 2. The van der Waals surface area contributed by atoms with Crippen molar-refractivity contribution in [1.82, 2.24) is 5.16 Å². The van der Waals surface area contributed by atoms with Gasteiger partial charge in [-0.2, -0.15) is 0 Å². The molecular formula is C12H15N3O3. The van der Waals surface area contributed by atoms with E-state index in [9.17, 15) is 9.59 Å². The van der Waals surface area contributed by atoms with Gasteiger partial charge in [0.1, 0.15) is 0 Å². The predicted molar refractivity (Wildman–Crippen MR) is 66.3 cm³/mol. The van der Waals surface area contributed by atoms with Crippen LogP contribution >= 0.6 is 0 Å². The molecule has 18 heavy (non-hydrogen) atoms. The highest BCUT2D eigenvalue weighted by atomic mass is 16.5. The zero-order valence-electron chi connectivity index (χ0n) is 10.3. The van der Waals surface area contributed by atoms with Crippen molar-refractivity contribution in [3.8, 4) is 0 Å². The molecule has 0 amide bonds. The molecule has 1 heterocycles. The first kappa shape index (κ1) is 12.3. The van der Waals surface area contributed by atoms with Gasteiger partial charge in [0, 0.05) is 12.8 Å². The van der Waals surface area contributed by atoms with Crippen LogP contribution in [0.5, 0.6) is 0 Å². The molecule has 1 aromatic heterocycles. The number of rotatable bonds is 1. The van der Waals surface area contributed by atoms with Crippen molar-refractivity contribution in [2.45, 2.75) is 26.7 Å². The van der Waals surface area contributed by atoms with Gasteiger partial charge in [0.15, 0.2) is 17.4 Å². The van der Waals surface area contributed by atoms with Crippen LogP contribution < -0.4 is 11.5 Å². The largest absolute Gasteiger partial charge is 0.380 e. The van der Waals surface area contributed by atoms with Crippen molar-refractivity contribution >= 4 is 29.3 Å². The second-order valence-electron chi connectivity index (χ2n) is 5.27. The van der Waals surface area contributed by atoms with Crippen LogP contribution in [0.4, 0.5) is 11.7 Å². The third-order valence-corrected chi connectivity index (χ3v) is 2.95. The molecule has 0 aliphatic heterocycles. The number of anilines is 2. The maximum Gasteiger partial charge on any atom is 0.231 e. The molecule has 1 fully saturated rings. The second-order valence-corrected chi connectivity index (χ2v) is 5.27. The summed E-state index contributed by atoms with van der Waals surface area (Å²) >= 11 is 0. The van der Waals surface area contributed by atoms with Crippen molar-refractivity contribution in [1.29, 1.82) is 0 Å². The molecule has 0 radical (unpaired) electrons. The van der Waals surface area contributed by atoms with E-state index in [1.165, 1.54) is 6.08 Å². The molecule has 0 atom stereocenters. The van der Waals surface area contributed by atoms with Crippen LogP contribution in [-0.4, -0.2) is 16.7 Å². The van der Waals surface area contributed by atoms with Gasteiger partial charge in [0.2, 0.25) is 5.88 Å². The fourth-order valence-electron chi connectivity index (χ4n) is 2.05. The first-order valence-corrected chi connectivity index (χ1v) is 5.59. The maximum absolute atomic E-state index is 11.9. The maximum atomic E-state index is 11.9. The fourth-order valence-corrected chi connectivity index (χ4v) is 2.05. The average Bonchev–Trinajstić information content (AvgIpc) is 2.52. The lowest BCUT2D eigenvalue weighted by atomic mass is 9.74. The van der Waals surface area contributed by atoms with E-state index in [0.29, 0.717) is 18.4 Å². The number of Topliss-reactive ketones (excluding diaryl/α,β-unsaturated/α-hetero) is 2. The molecule has 6 heteroatoms. The molecule has 96 valence electrons. The van der Waals surface area contributed by atoms with E-state index >= 15 is 0 Å². The fraction of sp³-hybridized carbons (Fsp3) is 0.417. The number of hydrogen-bond acceptors (Lipinski definition) is 6. The van der Waals surface area contributed by atoms with Gasteiger partial charge in [-0.3, -0.25) is 9.59 Å². The van der Waals surface area contributed by atoms with E-state index in [-0.39, 0.29) is 34.3 Å². The smallest absolute Gasteiger partial charge is 0.231 e. The molecule has 1 aliphatic carbocycles. The molecule has 0 spiro atoms. The number of ketones is 2. The van der Waals surface area contributed by atoms with Crippen molar-refractivity contribution in [3.05, 3.63) is 11.1 Å². The minimum atomic E-state index is -0.294. The van der Waals surface area contributed by atoms with E-state index < -0.39 is 0 Å². The number of carbonyl (C=O) groups excluding carboxylic acids is 2. The van der Waals surface area contributed by atoms with E-state index in [2.05, 4.69) is 9.68 Å². The van der Waals surface area contributed by atoms with E-state index in [0.717, 1.165) is 0 Å². The normalized spacial score (nSPS) is 19.1. The van der Waals surface area contributed by atoms with Crippen LogP contribution in [0.2, 0.25) is 0 Å². The van der Waals surface area contributed by atoms with E-state index in [4.69, 9.17) is 11.5 Å². The van der Waals surface area contributed by atoms with Crippen LogP contribution in [0.25, 0.3) is 6.08 Å². The number of nitrogen functional groups attached to an aromatic ring is 2. The molecule has 6 nitrogen and oxygen atoms in total. The lowest BCUT2D eigenvalue weighted by Gasteiger charge is -2.28. The Morgan fingerprint density at radius 2 is 1.78 bits per heavy atom. The third kappa shape index (κ3) is 2.13. The number of aromatic nitrogens is 1. The summed E-state index contributed by atoms with van der Waals surface area (Å²) in [5.74, 6) is -0.316. The molecule has 1 saturated carbocycles. The van der Waals surface area contributed by atoms with Crippen LogP contribution in [0.3, 0.4) is 0 Å². The summed E-state index contributed by atoms with van der Waals surface area (Å²) in [5.41, 5.74) is 11.2. The lowest BCUT2D eigenvalue weighted by Crippen LogP contribution is -2.31. The quantitative estimate of drug-likeness (QED) is 0.571. The van der Waals surface area contributed by atoms with Crippen LogP contribution in [-0.2, 0) is 9.59 Å². The lowest BCUT2D eigenvalue weighted by molar-refractivity contribution is -0.127. The molecule has 1 aromatic rings. The summed E-state index contributed by atoms with van der Waals surface area (Å²) in [5, 5.41) is 3.47. The highest BCUT2D eigenvalue weighted by Gasteiger charge is 2.35. The van der Waals surface area contributed by atoms with Gasteiger partial charge in [0.05, 0.1) is 11.1 Å². The first-order chi connectivity index (χ1) is 8.30. The summed E-state index contributed by atoms with van der Waals surface area (Å²) in [4.78, 5) is 23.9. The Bertz CT molecular complexity index is 513. The van der Waals surface area contributed by atoms with Crippen molar-refractivity contribution in [2.75, 3.05) is 11.5 Å². The predicted octanol–water partition coefficient (Wildman–Crippen LogP) is 1.18. The van der Waals surface area contributed by atoms with Crippen LogP contribution in [0.15, 0.2) is 10.1 Å². The van der Waals surface area contributed by atoms with Crippen molar-refractivity contribution in [3.63, 3.8) is 0 Å². The number of allylic oxidation sites excluding steroid dienone is 1. The summed E-state index contributed by atoms with van der Waals surface area (Å²) in [7, 11) is 0. The molecule has 0 aromatic carbocycles. The molecular weight excluding hydrogens is 234 g/mol. The minimum Gasteiger partial charge on any atom is -0.380 e. The second kappa shape index (κ2) is 3.97. The summed E-state index contributed by atoms with van der Waals surface area (Å²) in [6.07, 6.45) is 2.03. The molecule has 0 saturated heterocycles. The highest BCUT2D eigenvalue weighted by molar-refractivity contribution is 6.25. The Labute approximate surface area is 104 Å². The molecule has 4 N–H and O–H groups in total. The topological polar surface area (TPSA) is 112 Å². The van der Waals surface area contributed by atoms with Crippen molar-refractivity contribution < 1.29 is 14.1 Å². The number of carbonyl (C=O) groups is 2. The Morgan fingerprint density at radius 3 is 2.22 bits per heavy atom. The minimum absolute atomic E-state index is 0.00503. The highest BCUT2D eigenvalue weighted by Crippen LogP contribution is 2.35. The summed E-state index contributed by atoms with van der Waals surface area (Å²) in [6, 6.07) is 0. The van der Waals surface area contributed by atoms with Gasteiger partial charge in [-0.05, 0) is 11.5 Å². The van der Waals surface area contributed by atoms with Crippen LogP contribution in [0.1, 0.15) is 32.3 Å². The third-order valence-electron chi connectivity index (χ3n) is 2.95. The van der Waals surface area contributed by atoms with Gasteiger partial charge in [-0.15, -0.1) is 0 Å². The van der Waals surface area contributed by atoms with Crippen LogP contribution in [0, 0.1) is 5.41 Å².